The molecule has 146 valence electrons. The zero-order valence-electron chi connectivity index (χ0n) is 15.9. The van der Waals surface area contributed by atoms with E-state index in [-0.39, 0.29) is 11.5 Å². The van der Waals surface area contributed by atoms with Crippen molar-refractivity contribution in [3.05, 3.63) is 63.0 Å². The van der Waals surface area contributed by atoms with Gasteiger partial charge in [0.25, 0.3) is 5.56 Å². The summed E-state index contributed by atoms with van der Waals surface area (Å²) in [4.78, 5) is 31.7. The summed E-state index contributed by atoms with van der Waals surface area (Å²) in [5, 5.41) is 3.73. The van der Waals surface area contributed by atoms with Gasteiger partial charge in [-0.25, -0.2) is 4.98 Å². The highest BCUT2D eigenvalue weighted by molar-refractivity contribution is 7.18. The number of carbonyl (C=O) groups excluding carboxylic acids is 1. The van der Waals surface area contributed by atoms with Crippen LogP contribution in [-0.2, 0) is 30.6 Å². The molecule has 5 nitrogen and oxygen atoms in total. The van der Waals surface area contributed by atoms with Crippen molar-refractivity contribution in [3.8, 4) is 0 Å². The van der Waals surface area contributed by atoms with E-state index in [2.05, 4.69) is 22.4 Å². The lowest BCUT2D eigenvalue weighted by molar-refractivity contribution is -0.121. The molecule has 4 rings (SSSR count). The second-order valence-electron chi connectivity index (χ2n) is 7.32. The number of nitrogens with one attached hydrogen (secondary N) is 1. The Kier molecular flexibility index (Phi) is 5.86. The molecule has 2 aromatic heterocycles. The van der Waals surface area contributed by atoms with Crippen LogP contribution in [0.15, 0.2) is 41.5 Å². The number of fused-ring (bicyclic) bond motifs is 3. The Hall–Kier alpha value is -2.47. The van der Waals surface area contributed by atoms with Gasteiger partial charge in [-0.1, -0.05) is 30.3 Å². The number of hydrogen-bond acceptors (Lipinski definition) is 4. The summed E-state index contributed by atoms with van der Waals surface area (Å²) >= 11 is 1.65. The van der Waals surface area contributed by atoms with E-state index in [0.29, 0.717) is 19.5 Å². The topological polar surface area (TPSA) is 64.0 Å². The zero-order chi connectivity index (χ0) is 19.3. The van der Waals surface area contributed by atoms with Crippen LogP contribution in [0, 0.1) is 0 Å². The van der Waals surface area contributed by atoms with Crippen molar-refractivity contribution < 1.29 is 4.79 Å². The van der Waals surface area contributed by atoms with Gasteiger partial charge in [0.15, 0.2) is 0 Å². The Bertz CT molecular complexity index is 1020. The third kappa shape index (κ3) is 4.17. The van der Waals surface area contributed by atoms with E-state index in [1.165, 1.54) is 22.4 Å². The van der Waals surface area contributed by atoms with Crippen LogP contribution in [0.4, 0.5) is 0 Å². The Balaban J connectivity index is 1.32. The van der Waals surface area contributed by atoms with Crippen molar-refractivity contribution >= 4 is 27.5 Å². The third-order valence-electron chi connectivity index (χ3n) is 5.33. The van der Waals surface area contributed by atoms with Crippen LogP contribution in [0.2, 0.25) is 0 Å². The first-order valence-electron chi connectivity index (χ1n) is 10.0. The van der Waals surface area contributed by atoms with Crippen molar-refractivity contribution in [3.63, 3.8) is 0 Å². The Morgan fingerprint density at radius 3 is 2.86 bits per heavy atom. The molecular formula is C22H25N3O2S. The predicted octanol–water partition coefficient (Wildman–Crippen LogP) is 3.48. The Labute approximate surface area is 168 Å². The average Bonchev–Trinajstić information content (AvgIpc) is 3.11. The van der Waals surface area contributed by atoms with E-state index in [4.69, 9.17) is 0 Å². The van der Waals surface area contributed by atoms with E-state index in [1.54, 1.807) is 22.2 Å². The molecular weight excluding hydrogens is 370 g/mol. The minimum absolute atomic E-state index is 0.00118. The number of hydrogen-bond donors (Lipinski definition) is 1. The number of aromatic nitrogens is 2. The summed E-state index contributed by atoms with van der Waals surface area (Å²) in [6.45, 7) is 1.02. The van der Waals surface area contributed by atoms with E-state index in [1.807, 2.05) is 18.2 Å². The number of carbonyl (C=O) groups is 1. The van der Waals surface area contributed by atoms with Crippen LogP contribution in [-0.4, -0.2) is 22.0 Å². The summed E-state index contributed by atoms with van der Waals surface area (Å²) in [7, 11) is 0. The number of benzene rings is 1. The number of nitrogens with zero attached hydrogens (tertiary/aromatic N) is 2. The molecule has 0 aliphatic heterocycles. The zero-order valence-corrected chi connectivity index (χ0v) is 16.8. The molecule has 3 aromatic rings. The fourth-order valence-corrected chi connectivity index (χ4v) is 5.04. The Morgan fingerprint density at radius 2 is 2.00 bits per heavy atom. The minimum atomic E-state index is -0.0209. The largest absolute Gasteiger partial charge is 0.356 e. The minimum Gasteiger partial charge on any atom is -0.356 e. The van der Waals surface area contributed by atoms with Crippen molar-refractivity contribution in [1.82, 2.24) is 14.9 Å². The molecule has 0 saturated heterocycles. The van der Waals surface area contributed by atoms with Gasteiger partial charge in [-0.3, -0.25) is 14.2 Å². The Morgan fingerprint density at radius 1 is 1.18 bits per heavy atom. The van der Waals surface area contributed by atoms with Gasteiger partial charge in [-0.05, 0) is 49.7 Å². The lowest BCUT2D eigenvalue weighted by Gasteiger charge is -2.10. The van der Waals surface area contributed by atoms with Gasteiger partial charge in [0.1, 0.15) is 4.83 Å². The van der Waals surface area contributed by atoms with E-state index < -0.39 is 0 Å². The van der Waals surface area contributed by atoms with Crippen LogP contribution in [0.25, 0.3) is 10.2 Å². The van der Waals surface area contributed by atoms with Gasteiger partial charge in [0, 0.05) is 24.4 Å². The number of thiophene rings is 1. The van der Waals surface area contributed by atoms with Gasteiger partial charge in [-0.15, -0.1) is 11.3 Å². The first-order valence-corrected chi connectivity index (χ1v) is 10.8. The summed E-state index contributed by atoms with van der Waals surface area (Å²) in [6.07, 6.45) is 8.10. The first kappa shape index (κ1) is 18.9. The quantitative estimate of drug-likeness (QED) is 0.623. The summed E-state index contributed by atoms with van der Waals surface area (Å²) < 4.78 is 1.59. The maximum atomic E-state index is 12.9. The lowest BCUT2D eigenvalue weighted by atomic mass is 9.97. The van der Waals surface area contributed by atoms with E-state index >= 15 is 0 Å². The molecule has 0 saturated carbocycles. The van der Waals surface area contributed by atoms with Crippen LogP contribution >= 0.6 is 11.3 Å². The van der Waals surface area contributed by atoms with Crippen LogP contribution in [0.5, 0.6) is 0 Å². The monoisotopic (exact) mass is 395 g/mol. The van der Waals surface area contributed by atoms with Crippen LogP contribution < -0.4 is 10.9 Å². The van der Waals surface area contributed by atoms with Crippen molar-refractivity contribution in [1.29, 1.82) is 0 Å². The average molecular weight is 396 g/mol. The number of rotatable bonds is 7. The molecule has 0 fully saturated rings. The molecule has 28 heavy (non-hydrogen) atoms. The molecule has 0 spiro atoms. The predicted molar refractivity (Wildman–Crippen MR) is 113 cm³/mol. The summed E-state index contributed by atoms with van der Waals surface area (Å²) in [6, 6.07) is 10.3. The van der Waals surface area contributed by atoms with Gasteiger partial charge >= 0.3 is 0 Å². The SMILES string of the molecule is O=C(CCn1cnc2sc3c(c2c1=O)CCCC3)NCCCc1ccccc1. The van der Waals surface area contributed by atoms with Crippen LogP contribution in [0.1, 0.15) is 41.7 Å². The van der Waals surface area contributed by atoms with Gasteiger partial charge in [0.05, 0.1) is 11.7 Å². The molecule has 0 radical (unpaired) electrons. The maximum Gasteiger partial charge on any atom is 0.262 e. The van der Waals surface area contributed by atoms with Gasteiger partial charge in [-0.2, -0.15) is 0 Å². The highest BCUT2D eigenvalue weighted by Gasteiger charge is 2.20. The van der Waals surface area contributed by atoms with E-state index in [0.717, 1.165) is 42.3 Å². The molecule has 0 unspecified atom stereocenters. The molecule has 0 atom stereocenters. The maximum absolute atomic E-state index is 12.9. The van der Waals surface area contributed by atoms with Crippen molar-refractivity contribution in [2.45, 2.75) is 51.5 Å². The number of amides is 1. The summed E-state index contributed by atoms with van der Waals surface area (Å²) in [5.41, 5.74) is 2.48. The highest BCUT2D eigenvalue weighted by atomic mass is 32.1. The molecule has 1 amide bonds. The third-order valence-corrected chi connectivity index (χ3v) is 6.53. The van der Waals surface area contributed by atoms with Gasteiger partial charge in [0.2, 0.25) is 5.91 Å². The molecule has 1 aliphatic rings. The van der Waals surface area contributed by atoms with Crippen LogP contribution in [0.3, 0.4) is 0 Å². The van der Waals surface area contributed by atoms with Crippen molar-refractivity contribution in [2.75, 3.05) is 6.54 Å². The second kappa shape index (κ2) is 8.69. The van der Waals surface area contributed by atoms with E-state index in [9.17, 15) is 9.59 Å². The fraction of sp³-hybridized carbons (Fsp3) is 0.409. The molecule has 1 N–H and O–H groups in total. The summed E-state index contributed by atoms with van der Waals surface area (Å²) in [5.74, 6) is -0.0209. The standard InChI is InChI=1S/C22H25N3O2S/c26-19(23-13-6-9-16-7-2-1-3-8-16)12-14-25-15-24-21-20(22(25)27)17-10-4-5-11-18(17)28-21/h1-3,7-8,15H,4-6,9-14H2,(H,23,26). The lowest BCUT2D eigenvalue weighted by Crippen LogP contribution is -2.28. The molecule has 2 heterocycles. The fourth-order valence-electron chi connectivity index (χ4n) is 3.82. The van der Waals surface area contributed by atoms with Crippen molar-refractivity contribution in [2.24, 2.45) is 0 Å². The normalized spacial score (nSPS) is 13.4. The molecule has 0 bridgehead atoms. The first-order chi connectivity index (χ1) is 13.7. The van der Waals surface area contributed by atoms with Gasteiger partial charge < -0.3 is 5.32 Å². The molecule has 1 aromatic carbocycles. The molecule has 1 aliphatic carbocycles. The second-order valence-corrected chi connectivity index (χ2v) is 8.41. The smallest absolute Gasteiger partial charge is 0.262 e. The highest BCUT2D eigenvalue weighted by Crippen LogP contribution is 2.33. The molecule has 6 heteroatoms. The number of aryl methyl sites for hydroxylation is 4.